The van der Waals surface area contributed by atoms with E-state index in [4.69, 9.17) is 14.5 Å². The van der Waals surface area contributed by atoms with E-state index in [1.165, 1.54) is 0 Å². The van der Waals surface area contributed by atoms with Crippen LogP contribution < -0.4 is 14.8 Å². The van der Waals surface area contributed by atoms with Crippen LogP contribution in [0.4, 0.5) is 0 Å². The van der Waals surface area contributed by atoms with Crippen molar-refractivity contribution in [3.05, 3.63) is 90.0 Å². The Bertz CT molecular complexity index is 1240. The molecule has 0 saturated carbocycles. The van der Waals surface area contributed by atoms with Crippen LogP contribution in [0, 0.1) is 0 Å². The van der Waals surface area contributed by atoms with Crippen LogP contribution in [-0.2, 0) is 0 Å². The minimum absolute atomic E-state index is 0.111. The fraction of sp³-hybridized carbons (Fsp3) is 0.120. The van der Waals surface area contributed by atoms with Gasteiger partial charge in [0, 0.05) is 10.9 Å². The van der Waals surface area contributed by atoms with E-state index < -0.39 is 0 Å². The predicted molar refractivity (Wildman–Crippen MR) is 116 cm³/mol. The Kier molecular flexibility index (Phi) is 4.56. The molecular weight excluding hydrogens is 376 g/mol. The van der Waals surface area contributed by atoms with Gasteiger partial charge in [0.25, 0.3) is 5.91 Å². The van der Waals surface area contributed by atoms with Crippen molar-refractivity contribution < 1.29 is 14.3 Å². The van der Waals surface area contributed by atoms with Crippen LogP contribution >= 0.6 is 0 Å². The highest BCUT2D eigenvalue weighted by atomic mass is 16.7. The number of hydrogen-bond acceptors (Lipinski definition) is 4. The van der Waals surface area contributed by atoms with Gasteiger partial charge in [-0.2, -0.15) is 0 Å². The minimum atomic E-state index is -0.132. The van der Waals surface area contributed by atoms with Crippen LogP contribution in [0.2, 0.25) is 0 Å². The zero-order chi connectivity index (χ0) is 20.5. The van der Waals surface area contributed by atoms with Crippen molar-refractivity contribution in [3.63, 3.8) is 0 Å². The molecule has 2 heterocycles. The van der Waals surface area contributed by atoms with Crippen molar-refractivity contribution in [1.29, 1.82) is 0 Å². The number of ether oxygens (including phenoxy) is 2. The summed E-state index contributed by atoms with van der Waals surface area (Å²) in [6.07, 6.45) is 0. The second-order valence-electron chi connectivity index (χ2n) is 7.25. The number of nitrogens with zero attached hydrogens (tertiary/aromatic N) is 1. The molecule has 1 N–H and O–H groups in total. The van der Waals surface area contributed by atoms with Gasteiger partial charge in [-0.1, -0.05) is 48.5 Å². The molecule has 1 aliphatic heterocycles. The zero-order valence-electron chi connectivity index (χ0n) is 16.5. The lowest BCUT2D eigenvalue weighted by Crippen LogP contribution is -2.27. The first-order valence-corrected chi connectivity index (χ1v) is 9.85. The molecule has 5 heteroatoms. The number of benzene rings is 3. The van der Waals surface area contributed by atoms with Gasteiger partial charge in [-0.25, -0.2) is 4.98 Å². The number of carbonyl (C=O) groups excluding carboxylic acids is 1. The van der Waals surface area contributed by atoms with Crippen LogP contribution in [0.15, 0.2) is 78.9 Å². The van der Waals surface area contributed by atoms with E-state index in [9.17, 15) is 4.79 Å². The van der Waals surface area contributed by atoms with Gasteiger partial charge in [0.05, 0.1) is 22.8 Å². The summed E-state index contributed by atoms with van der Waals surface area (Å²) in [5.41, 5.74) is 4.00. The van der Waals surface area contributed by atoms with E-state index in [0.717, 1.165) is 22.0 Å². The molecule has 1 atom stereocenters. The first-order valence-electron chi connectivity index (χ1n) is 9.85. The van der Waals surface area contributed by atoms with Crippen molar-refractivity contribution in [3.8, 4) is 22.8 Å². The highest BCUT2D eigenvalue weighted by Crippen LogP contribution is 2.36. The van der Waals surface area contributed by atoms with Gasteiger partial charge >= 0.3 is 0 Å². The zero-order valence-corrected chi connectivity index (χ0v) is 16.5. The Labute approximate surface area is 174 Å². The summed E-state index contributed by atoms with van der Waals surface area (Å²) < 4.78 is 10.9. The van der Waals surface area contributed by atoms with Crippen molar-refractivity contribution in [2.24, 2.45) is 0 Å². The number of rotatable bonds is 4. The quantitative estimate of drug-likeness (QED) is 0.520. The molecule has 4 aromatic rings. The minimum Gasteiger partial charge on any atom is -0.454 e. The normalized spacial score (nSPS) is 13.2. The molecule has 0 fully saturated rings. The monoisotopic (exact) mass is 396 g/mol. The second kappa shape index (κ2) is 7.52. The van der Waals surface area contributed by atoms with E-state index in [-0.39, 0.29) is 18.7 Å². The van der Waals surface area contributed by atoms with Gasteiger partial charge in [-0.05, 0) is 42.8 Å². The highest BCUT2D eigenvalue weighted by Gasteiger charge is 2.18. The number of aromatic nitrogens is 1. The van der Waals surface area contributed by atoms with Gasteiger partial charge in [0.2, 0.25) is 6.79 Å². The van der Waals surface area contributed by atoms with Crippen LogP contribution in [0.1, 0.15) is 28.9 Å². The lowest BCUT2D eigenvalue weighted by Gasteiger charge is -2.16. The number of carbonyl (C=O) groups is 1. The number of pyridine rings is 1. The maximum absolute atomic E-state index is 13.2. The third-order valence-electron chi connectivity index (χ3n) is 5.28. The SMILES string of the molecule is CC(NC(=O)c1cc(-c2ccc3c(c2)OCO3)nc2ccccc12)c1ccccc1. The lowest BCUT2D eigenvalue weighted by molar-refractivity contribution is 0.0941. The van der Waals surface area contributed by atoms with Gasteiger partial charge in [0.1, 0.15) is 0 Å². The number of amides is 1. The summed E-state index contributed by atoms with van der Waals surface area (Å²) in [6.45, 7) is 2.20. The molecule has 1 unspecified atom stereocenters. The standard InChI is InChI=1S/C25H20N2O3/c1-16(17-7-3-2-4-8-17)26-25(28)20-14-22(27-21-10-6-5-9-19(20)21)18-11-12-23-24(13-18)30-15-29-23/h2-14,16H,15H2,1H3,(H,26,28). The van der Waals surface area contributed by atoms with Crippen molar-refractivity contribution in [1.82, 2.24) is 10.3 Å². The molecule has 1 aromatic heterocycles. The number of para-hydroxylation sites is 1. The third kappa shape index (κ3) is 3.35. The predicted octanol–water partition coefficient (Wildman–Crippen LogP) is 5.12. The Hall–Kier alpha value is -3.86. The van der Waals surface area contributed by atoms with Crippen LogP contribution in [0.5, 0.6) is 11.5 Å². The highest BCUT2D eigenvalue weighted by molar-refractivity contribution is 6.07. The first kappa shape index (κ1) is 18.2. The summed E-state index contributed by atoms with van der Waals surface area (Å²) in [5.74, 6) is 1.27. The largest absolute Gasteiger partial charge is 0.454 e. The van der Waals surface area contributed by atoms with Gasteiger partial charge in [-0.3, -0.25) is 4.79 Å². The molecule has 5 rings (SSSR count). The molecular formula is C25H20N2O3. The van der Waals surface area contributed by atoms with E-state index >= 15 is 0 Å². The Morgan fingerprint density at radius 3 is 2.57 bits per heavy atom. The van der Waals surface area contributed by atoms with E-state index in [2.05, 4.69) is 5.32 Å². The number of nitrogens with one attached hydrogen (secondary N) is 1. The molecule has 3 aromatic carbocycles. The molecule has 0 spiro atoms. The molecule has 0 bridgehead atoms. The van der Waals surface area contributed by atoms with Crippen molar-refractivity contribution in [2.75, 3.05) is 6.79 Å². The molecule has 0 saturated heterocycles. The maximum Gasteiger partial charge on any atom is 0.252 e. The average molecular weight is 396 g/mol. The molecule has 1 amide bonds. The summed E-state index contributed by atoms with van der Waals surface area (Å²) in [7, 11) is 0. The fourth-order valence-corrected chi connectivity index (χ4v) is 3.67. The Morgan fingerprint density at radius 1 is 0.933 bits per heavy atom. The number of fused-ring (bicyclic) bond motifs is 2. The average Bonchev–Trinajstić information content (AvgIpc) is 3.26. The Balaban J connectivity index is 1.55. The van der Waals surface area contributed by atoms with Crippen LogP contribution in [0.25, 0.3) is 22.2 Å². The smallest absolute Gasteiger partial charge is 0.252 e. The van der Waals surface area contributed by atoms with E-state index in [0.29, 0.717) is 22.8 Å². The second-order valence-corrected chi connectivity index (χ2v) is 7.25. The maximum atomic E-state index is 13.2. The summed E-state index contributed by atoms with van der Waals surface area (Å²) in [6, 6.07) is 25.0. The Morgan fingerprint density at radius 2 is 1.70 bits per heavy atom. The van der Waals surface area contributed by atoms with E-state index in [1.807, 2.05) is 85.8 Å². The number of hydrogen-bond donors (Lipinski definition) is 1. The van der Waals surface area contributed by atoms with Gasteiger partial charge in [0.15, 0.2) is 11.5 Å². The third-order valence-corrected chi connectivity index (χ3v) is 5.28. The molecule has 148 valence electrons. The lowest BCUT2D eigenvalue weighted by atomic mass is 10.0. The van der Waals surface area contributed by atoms with Gasteiger partial charge in [-0.15, -0.1) is 0 Å². The topological polar surface area (TPSA) is 60.5 Å². The summed E-state index contributed by atoms with van der Waals surface area (Å²) >= 11 is 0. The fourth-order valence-electron chi connectivity index (χ4n) is 3.67. The summed E-state index contributed by atoms with van der Waals surface area (Å²) in [5, 5.41) is 3.93. The van der Waals surface area contributed by atoms with Crippen LogP contribution in [-0.4, -0.2) is 17.7 Å². The van der Waals surface area contributed by atoms with Crippen molar-refractivity contribution >= 4 is 16.8 Å². The molecule has 0 radical (unpaired) electrons. The van der Waals surface area contributed by atoms with E-state index in [1.54, 1.807) is 0 Å². The van der Waals surface area contributed by atoms with Crippen LogP contribution in [0.3, 0.4) is 0 Å². The van der Waals surface area contributed by atoms with Crippen molar-refractivity contribution in [2.45, 2.75) is 13.0 Å². The molecule has 5 nitrogen and oxygen atoms in total. The summed E-state index contributed by atoms with van der Waals surface area (Å²) in [4.78, 5) is 18.0. The molecule has 30 heavy (non-hydrogen) atoms. The molecule has 1 aliphatic rings. The molecule has 0 aliphatic carbocycles. The first-order chi connectivity index (χ1) is 14.7. The van der Waals surface area contributed by atoms with Gasteiger partial charge < -0.3 is 14.8 Å².